The number of hydrogen-bond acceptors (Lipinski definition) is 4. The first-order chi connectivity index (χ1) is 17.4. The Hall–Kier alpha value is -2.71. The van der Waals surface area contributed by atoms with Crippen molar-refractivity contribution in [2.45, 2.75) is 32.5 Å². The largest absolute Gasteiger partial charge is 0.490 e. The van der Waals surface area contributed by atoms with Gasteiger partial charge in [-0.15, -0.1) is 0 Å². The Morgan fingerprint density at radius 3 is 2.58 bits per heavy atom. The highest BCUT2D eigenvalue weighted by molar-refractivity contribution is 9.10. The molecule has 0 saturated carbocycles. The quantitative estimate of drug-likeness (QED) is 0.175. The molecule has 0 aliphatic carbocycles. The summed E-state index contributed by atoms with van der Waals surface area (Å²) in [5.41, 5.74) is 3.46. The van der Waals surface area contributed by atoms with Crippen molar-refractivity contribution >= 4 is 56.0 Å². The number of carboxylic acids is 1. The van der Waals surface area contributed by atoms with Crippen LogP contribution in [0.5, 0.6) is 11.5 Å². The molecule has 6 nitrogen and oxygen atoms in total. The van der Waals surface area contributed by atoms with E-state index in [0.29, 0.717) is 51.2 Å². The van der Waals surface area contributed by atoms with Crippen LogP contribution < -0.4 is 14.8 Å². The molecule has 0 aliphatic rings. The maximum absolute atomic E-state index is 12.0. The maximum Gasteiger partial charge on any atom is 0.321 e. The van der Waals surface area contributed by atoms with Gasteiger partial charge in [0.1, 0.15) is 12.6 Å². The molecular weight excluding hydrogens is 567 g/mol. The molecule has 188 valence electrons. The second-order valence-corrected chi connectivity index (χ2v) is 9.83. The average molecular weight is 592 g/mol. The zero-order chi connectivity index (χ0) is 25.7. The van der Waals surface area contributed by atoms with Crippen molar-refractivity contribution < 1.29 is 19.4 Å². The maximum atomic E-state index is 12.0. The first kappa shape index (κ1) is 26.4. The van der Waals surface area contributed by atoms with E-state index >= 15 is 0 Å². The van der Waals surface area contributed by atoms with Crippen molar-refractivity contribution in [3.63, 3.8) is 0 Å². The van der Waals surface area contributed by atoms with Crippen molar-refractivity contribution in [1.29, 1.82) is 0 Å². The monoisotopic (exact) mass is 590 g/mol. The molecule has 0 unspecified atom stereocenters. The molecule has 1 atom stereocenters. The fraction of sp³-hybridized carbons (Fsp3) is 0.222. The summed E-state index contributed by atoms with van der Waals surface area (Å²) in [6, 6.07) is 16.1. The number of aliphatic carboxylic acids is 1. The van der Waals surface area contributed by atoms with Gasteiger partial charge in [0.2, 0.25) is 0 Å². The summed E-state index contributed by atoms with van der Waals surface area (Å²) in [7, 11) is 0. The van der Waals surface area contributed by atoms with Crippen LogP contribution in [0.15, 0.2) is 65.3 Å². The highest BCUT2D eigenvalue weighted by Gasteiger charge is 2.20. The molecule has 4 rings (SSSR count). The van der Waals surface area contributed by atoms with Gasteiger partial charge in [-0.3, -0.25) is 4.79 Å². The van der Waals surface area contributed by atoms with Gasteiger partial charge < -0.3 is 24.9 Å². The van der Waals surface area contributed by atoms with Crippen molar-refractivity contribution in [3.05, 3.63) is 92.0 Å². The number of ether oxygens (including phenoxy) is 2. The lowest BCUT2D eigenvalue weighted by molar-refractivity contribution is -0.139. The molecule has 36 heavy (non-hydrogen) atoms. The Labute approximate surface area is 227 Å². The number of H-pyrrole nitrogens is 1. The number of halogens is 3. The summed E-state index contributed by atoms with van der Waals surface area (Å²) in [5.74, 6) is 0.140. The smallest absolute Gasteiger partial charge is 0.321 e. The van der Waals surface area contributed by atoms with Crippen LogP contribution in [-0.2, 0) is 24.4 Å². The second-order valence-electron chi connectivity index (χ2n) is 8.16. The molecule has 0 radical (unpaired) electrons. The van der Waals surface area contributed by atoms with Crippen molar-refractivity contribution in [2.75, 3.05) is 6.61 Å². The number of rotatable bonds is 11. The molecule has 0 spiro atoms. The van der Waals surface area contributed by atoms with E-state index < -0.39 is 12.0 Å². The van der Waals surface area contributed by atoms with Gasteiger partial charge in [0.15, 0.2) is 11.5 Å². The fourth-order valence-corrected chi connectivity index (χ4v) is 5.06. The average Bonchev–Trinajstić information content (AvgIpc) is 3.25. The Balaban J connectivity index is 1.49. The van der Waals surface area contributed by atoms with Gasteiger partial charge in [0.25, 0.3) is 0 Å². The van der Waals surface area contributed by atoms with Crippen LogP contribution in [-0.4, -0.2) is 28.7 Å². The number of benzene rings is 3. The third-order valence-corrected chi connectivity index (χ3v) is 7.04. The second kappa shape index (κ2) is 12.0. The van der Waals surface area contributed by atoms with E-state index in [1.54, 1.807) is 18.2 Å². The van der Waals surface area contributed by atoms with E-state index in [2.05, 4.69) is 26.2 Å². The predicted molar refractivity (Wildman–Crippen MR) is 146 cm³/mol. The molecule has 0 bridgehead atoms. The van der Waals surface area contributed by atoms with Crippen LogP contribution >= 0.6 is 39.1 Å². The van der Waals surface area contributed by atoms with Gasteiger partial charge in [-0.2, -0.15) is 0 Å². The fourth-order valence-electron chi connectivity index (χ4n) is 3.95. The first-order valence-corrected chi connectivity index (χ1v) is 12.9. The number of para-hydroxylation sites is 1. The molecule has 3 aromatic carbocycles. The molecule has 4 aromatic rings. The van der Waals surface area contributed by atoms with Crippen molar-refractivity contribution in [3.8, 4) is 11.5 Å². The van der Waals surface area contributed by atoms with E-state index in [4.69, 9.17) is 32.7 Å². The first-order valence-electron chi connectivity index (χ1n) is 11.4. The summed E-state index contributed by atoms with van der Waals surface area (Å²) >= 11 is 16.1. The van der Waals surface area contributed by atoms with E-state index in [1.165, 1.54) is 0 Å². The van der Waals surface area contributed by atoms with Gasteiger partial charge in [0.05, 0.1) is 11.1 Å². The van der Waals surface area contributed by atoms with Crippen molar-refractivity contribution in [1.82, 2.24) is 10.3 Å². The highest BCUT2D eigenvalue weighted by atomic mass is 79.9. The molecule has 0 fully saturated rings. The number of carboxylic acid groups (broad SMARTS) is 1. The summed E-state index contributed by atoms with van der Waals surface area (Å²) < 4.78 is 12.5. The lowest BCUT2D eigenvalue weighted by Crippen LogP contribution is -2.38. The SMILES string of the molecule is CCOc1cc(CN[C@H](Cc2c[nH]c3ccccc23)C(=O)O)cc(Br)c1OCc1c(Cl)cccc1Cl. The zero-order valence-corrected chi connectivity index (χ0v) is 22.6. The topological polar surface area (TPSA) is 83.6 Å². The molecule has 1 heterocycles. The van der Waals surface area contributed by atoms with Crippen LogP contribution in [0.25, 0.3) is 10.9 Å². The molecule has 0 aliphatic heterocycles. The van der Waals surface area contributed by atoms with Crippen LogP contribution in [0, 0.1) is 0 Å². The van der Waals surface area contributed by atoms with Gasteiger partial charge in [-0.1, -0.05) is 47.5 Å². The molecular formula is C27H25BrCl2N2O4. The summed E-state index contributed by atoms with van der Waals surface area (Å²) in [4.78, 5) is 15.2. The number of nitrogens with one attached hydrogen (secondary N) is 2. The van der Waals surface area contributed by atoms with Crippen molar-refractivity contribution in [2.24, 2.45) is 0 Å². The third kappa shape index (κ3) is 6.16. The number of carbonyl (C=O) groups is 1. The van der Waals surface area contributed by atoms with E-state index in [1.807, 2.05) is 49.5 Å². The van der Waals surface area contributed by atoms with Gasteiger partial charge in [0, 0.05) is 45.7 Å². The van der Waals surface area contributed by atoms with Gasteiger partial charge >= 0.3 is 5.97 Å². The standard InChI is InChI=1S/C27H25BrCl2N2O4/c1-2-35-25-11-16(10-20(28)26(25)36-15-19-21(29)7-5-8-22(19)30)13-31-24(27(33)34)12-17-14-32-23-9-4-3-6-18(17)23/h3-11,14,24,31-32H,2,12-13,15H2,1H3,(H,33,34)/t24-/m1/s1. The highest BCUT2D eigenvalue weighted by Crippen LogP contribution is 2.38. The molecule has 1 aromatic heterocycles. The lowest BCUT2D eigenvalue weighted by Gasteiger charge is -2.18. The molecule has 3 N–H and O–H groups in total. The number of hydrogen-bond donors (Lipinski definition) is 3. The van der Waals surface area contributed by atoms with Crippen LogP contribution in [0.1, 0.15) is 23.6 Å². The predicted octanol–water partition coefficient (Wildman–Crippen LogP) is 7.00. The Morgan fingerprint density at radius 2 is 1.86 bits per heavy atom. The summed E-state index contributed by atoms with van der Waals surface area (Å²) in [5, 5.41) is 15.1. The number of aromatic amines is 1. The van der Waals surface area contributed by atoms with E-state index in [9.17, 15) is 9.90 Å². The number of fused-ring (bicyclic) bond motifs is 1. The minimum absolute atomic E-state index is 0.167. The zero-order valence-electron chi connectivity index (χ0n) is 19.5. The minimum Gasteiger partial charge on any atom is -0.490 e. The normalized spacial score (nSPS) is 12.0. The summed E-state index contributed by atoms with van der Waals surface area (Å²) in [6.45, 7) is 2.81. The van der Waals surface area contributed by atoms with Gasteiger partial charge in [-0.05, 0) is 64.3 Å². The lowest BCUT2D eigenvalue weighted by atomic mass is 10.0. The van der Waals surface area contributed by atoms with E-state index in [0.717, 1.165) is 22.0 Å². The Bertz CT molecular complexity index is 1360. The third-order valence-electron chi connectivity index (χ3n) is 5.74. The van der Waals surface area contributed by atoms with Crippen LogP contribution in [0.4, 0.5) is 0 Å². The molecule has 0 amide bonds. The van der Waals surface area contributed by atoms with E-state index in [-0.39, 0.29) is 6.61 Å². The van der Waals surface area contributed by atoms with Crippen LogP contribution in [0.3, 0.4) is 0 Å². The Morgan fingerprint density at radius 1 is 1.11 bits per heavy atom. The van der Waals surface area contributed by atoms with Gasteiger partial charge in [-0.25, -0.2) is 0 Å². The Kier molecular flexibility index (Phi) is 8.80. The molecule has 9 heteroatoms. The number of aromatic nitrogens is 1. The summed E-state index contributed by atoms with van der Waals surface area (Å²) in [6.07, 6.45) is 2.21. The minimum atomic E-state index is -0.916. The molecule has 0 saturated heterocycles. The van der Waals surface area contributed by atoms with Crippen LogP contribution in [0.2, 0.25) is 10.0 Å².